The van der Waals surface area contributed by atoms with E-state index in [0.717, 1.165) is 35.8 Å². The van der Waals surface area contributed by atoms with Crippen LogP contribution in [0.15, 0.2) is 41.4 Å². The number of hydrogen-bond donors (Lipinski definition) is 0. The molecule has 0 bridgehead atoms. The van der Waals surface area contributed by atoms with Gasteiger partial charge in [-0.2, -0.15) is 0 Å². The zero-order valence-electron chi connectivity index (χ0n) is 19.3. The van der Waals surface area contributed by atoms with Crippen LogP contribution in [0.4, 0.5) is 8.78 Å². The van der Waals surface area contributed by atoms with Crippen molar-refractivity contribution in [1.82, 2.24) is 0 Å². The van der Waals surface area contributed by atoms with Crippen LogP contribution >= 0.6 is 0 Å². The Hall–Kier alpha value is -2.23. The van der Waals surface area contributed by atoms with Crippen molar-refractivity contribution in [2.75, 3.05) is 6.61 Å². The van der Waals surface area contributed by atoms with Crippen LogP contribution in [0.5, 0.6) is 0 Å². The summed E-state index contributed by atoms with van der Waals surface area (Å²) < 4.78 is 36.0. The van der Waals surface area contributed by atoms with Gasteiger partial charge in [0.1, 0.15) is 18.2 Å². The second kappa shape index (κ2) is 8.28. The second-order valence-corrected chi connectivity index (χ2v) is 10.9. The number of rotatable bonds is 3. The number of nitrogens with zero attached hydrogens (tertiary/aromatic N) is 1. The van der Waals surface area contributed by atoms with Crippen LogP contribution in [0.25, 0.3) is 11.1 Å². The van der Waals surface area contributed by atoms with Gasteiger partial charge in [0.25, 0.3) is 0 Å². The van der Waals surface area contributed by atoms with Gasteiger partial charge in [-0.15, -0.1) is 0 Å². The van der Waals surface area contributed by atoms with Gasteiger partial charge in [0.05, 0.1) is 11.1 Å². The van der Waals surface area contributed by atoms with Gasteiger partial charge < -0.3 is 4.74 Å². The molecular formula is C28H33F2NO. The van der Waals surface area contributed by atoms with E-state index < -0.39 is 11.6 Å². The molecule has 4 heteroatoms. The first-order valence-corrected chi connectivity index (χ1v) is 12.1. The summed E-state index contributed by atoms with van der Waals surface area (Å²) in [4.78, 5) is 4.57. The molecule has 0 spiro atoms. The summed E-state index contributed by atoms with van der Waals surface area (Å²) in [5.74, 6) is 2.27. The molecule has 1 unspecified atom stereocenters. The van der Waals surface area contributed by atoms with Crippen LogP contribution < -0.4 is 0 Å². The van der Waals surface area contributed by atoms with Crippen molar-refractivity contribution in [3.8, 4) is 11.1 Å². The minimum absolute atomic E-state index is 0.0510. The summed E-state index contributed by atoms with van der Waals surface area (Å²) in [5, 5.41) is 0. The molecule has 1 heterocycles. The number of aliphatic imine (C=N–C) groups is 1. The number of hydrogen-bond acceptors (Lipinski definition) is 2. The quantitative estimate of drug-likeness (QED) is 0.487. The van der Waals surface area contributed by atoms with E-state index in [4.69, 9.17) is 4.74 Å². The third-order valence-corrected chi connectivity index (χ3v) is 7.80. The lowest BCUT2D eigenvalue weighted by molar-refractivity contribution is 0.124. The average Bonchev–Trinajstić information content (AvgIpc) is 3.13. The Labute approximate surface area is 190 Å². The Kier molecular flexibility index (Phi) is 5.59. The highest BCUT2D eigenvalue weighted by atomic mass is 19.1. The minimum atomic E-state index is -0.470. The monoisotopic (exact) mass is 437 g/mol. The predicted octanol–water partition coefficient (Wildman–Crippen LogP) is 7.51. The van der Waals surface area contributed by atoms with Crippen molar-refractivity contribution >= 4 is 5.90 Å². The molecule has 2 aliphatic carbocycles. The molecule has 32 heavy (non-hydrogen) atoms. The van der Waals surface area contributed by atoms with Crippen LogP contribution in [-0.2, 0) is 4.74 Å². The maximum atomic E-state index is 15.2. The highest BCUT2D eigenvalue weighted by molar-refractivity contribution is 5.95. The molecule has 0 aromatic heterocycles. The molecule has 0 N–H and O–H groups in total. The lowest BCUT2D eigenvalue weighted by Gasteiger charge is -2.41. The first kappa shape index (κ1) is 21.6. The molecule has 5 rings (SSSR count). The van der Waals surface area contributed by atoms with E-state index in [2.05, 4.69) is 11.9 Å². The normalized spacial score (nSPS) is 29.2. The number of fused-ring (bicyclic) bond motifs is 1. The maximum Gasteiger partial charge on any atom is 0.216 e. The predicted molar refractivity (Wildman–Crippen MR) is 125 cm³/mol. The fourth-order valence-corrected chi connectivity index (χ4v) is 6.04. The van der Waals surface area contributed by atoms with Gasteiger partial charge >= 0.3 is 0 Å². The Bertz CT molecular complexity index is 1000. The van der Waals surface area contributed by atoms with Crippen molar-refractivity contribution in [1.29, 1.82) is 0 Å². The van der Waals surface area contributed by atoms with Crippen molar-refractivity contribution in [2.45, 2.75) is 70.8 Å². The average molecular weight is 438 g/mol. The topological polar surface area (TPSA) is 21.6 Å². The molecule has 2 saturated carbocycles. The van der Waals surface area contributed by atoms with Gasteiger partial charge in [-0.25, -0.2) is 13.8 Å². The lowest BCUT2D eigenvalue weighted by atomic mass is 9.64. The van der Waals surface area contributed by atoms with Gasteiger partial charge in [-0.1, -0.05) is 25.5 Å². The first-order chi connectivity index (χ1) is 15.3. The second-order valence-electron chi connectivity index (χ2n) is 10.9. The molecule has 2 fully saturated rings. The molecule has 170 valence electrons. The van der Waals surface area contributed by atoms with E-state index in [9.17, 15) is 0 Å². The summed E-state index contributed by atoms with van der Waals surface area (Å²) in [6.07, 6.45) is 7.19. The van der Waals surface area contributed by atoms with E-state index >= 15 is 8.78 Å². The molecule has 2 nitrogen and oxygen atoms in total. The van der Waals surface area contributed by atoms with E-state index in [1.165, 1.54) is 25.7 Å². The largest absolute Gasteiger partial charge is 0.475 e. The lowest BCUT2D eigenvalue weighted by Crippen LogP contribution is -2.29. The van der Waals surface area contributed by atoms with Gasteiger partial charge in [0.2, 0.25) is 5.90 Å². The zero-order chi connectivity index (χ0) is 22.5. The maximum absolute atomic E-state index is 15.2. The van der Waals surface area contributed by atoms with Gasteiger partial charge in [0.15, 0.2) is 0 Å². The smallest absolute Gasteiger partial charge is 0.216 e. The number of halogens is 2. The van der Waals surface area contributed by atoms with Crippen molar-refractivity contribution < 1.29 is 13.5 Å². The summed E-state index contributed by atoms with van der Waals surface area (Å²) in [6.45, 7) is 6.92. The molecule has 4 atom stereocenters. The molecule has 0 radical (unpaired) electrons. The molecule has 1 aliphatic heterocycles. The Morgan fingerprint density at radius 3 is 2.16 bits per heavy atom. The van der Waals surface area contributed by atoms with Crippen LogP contribution in [0.1, 0.15) is 76.3 Å². The summed E-state index contributed by atoms with van der Waals surface area (Å²) in [5.41, 5.74) is 2.01. The van der Waals surface area contributed by atoms with E-state index in [1.807, 2.05) is 26.0 Å². The molecular weight excluding hydrogens is 404 g/mol. The highest BCUT2D eigenvalue weighted by Crippen LogP contribution is 2.48. The molecule has 3 aliphatic rings. The first-order valence-electron chi connectivity index (χ1n) is 12.1. The van der Waals surface area contributed by atoms with E-state index in [-0.39, 0.29) is 17.0 Å². The summed E-state index contributed by atoms with van der Waals surface area (Å²) >= 11 is 0. The summed E-state index contributed by atoms with van der Waals surface area (Å²) in [6, 6.07) is 10.3. The number of ether oxygens (including phenoxy) is 1. The van der Waals surface area contributed by atoms with Crippen LogP contribution in [0.2, 0.25) is 0 Å². The summed E-state index contributed by atoms with van der Waals surface area (Å²) in [7, 11) is 0. The van der Waals surface area contributed by atoms with Crippen LogP contribution in [0.3, 0.4) is 0 Å². The Morgan fingerprint density at radius 1 is 0.875 bits per heavy atom. The van der Waals surface area contributed by atoms with Gasteiger partial charge in [0, 0.05) is 5.56 Å². The SMILES string of the molecule is CC1CC[C@@H]2C[C@H](c3cc(F)c(-c4ccc(C5=NC(C)(C)CO5)cc4)c(F)c3)CC[C@@H]2C1. The standard InChI is InChI=1S/C28H33F2NO/c1-17-4-5-21-13-22(11-10-20(21)12-17)23-14-24(29)26(25(30)15-23)18-6-8-19(9-7-18)27-31-28(2,3)16-32-27/h6-9,14-15,17,20-22H,4-5,10-13,16H2,1-3H3/t17?,20-,21-,22-/m1/s1. The number of benzene rings is 2. The third kappa shape index (κ3) is 4.21. The molecule has 2 aromatic rings. The third-order valence-electron chi connectivity index (χ3n) is 7.80. The minimum Gasteiger partial charge on any atom is -0.475 e. The molecule has 2 aromatic carbocycles. The van der Waals surface area contributed by atoms with Gasteiger partial charge in [-0.05, 0) is 105 Å². The van der Waals surface area contributed by atoms with Crippen molar-refractivity contribution in [3.05, 3.63) is 59.2 Å². The van der Waals surface area contributed by atoms with E-state index in [1.54, 1.807) is 24.3 Å². The molecule has 0 saturated heterocycles. The van der Waals surface area contributed by atoms with Crippen molar-refractivity contribution in [2.24, 2.45) is 22.7 Å². The van der Waals surface area contributed by atoms with E-state index in [0.29, 0.717) is 24.0 Å². The fraction of sp³-hybridized carbons (Fsp3) is 0.536. The van der Waals surface area contributed by atoms with Gasteiger partial charge in [-0.3, -0.25) is 0 Å². The Balaban J connectivity index is 1.35. The zero-order valence-corrected chi connectivity index (χ0v) is 19.3. The van der Waals surface area contributed by atoms with Crippen molar-refractivity contribution in [3.63, 3.8) is 0 Å². The highest BCUT2D eigenvalue weighted by Gasteiger charge is 2.35. The molecule has 0 amide bonds. The van der Waals surface area contributed by atoms with Crippen LogP contribution in [0, 0.1) is 29.4 Å². The van der Waals surface area contributed by atoms with Crippen LogP contribution in [-0.4, -0.2) is 18.0 Å². The fourth-order valence-electron chi connectivity index (χ4n) is 6.04. The Morgan fingerprint density at radius 2 is 1.50 bits per heavy atom.